The molecule has 0 amide bonds. The maximum absolute atomic E-state index is 14.1. The minimum absolute atomic E-state index is 0.262. The Bertz CT molecular complexity index is 1390. The molecule has 51 heavy (non-hydrogen) atoms. The number of nitrogens with zero attached hydrogens (tertiary/aromatic N) is 1. The number of hydrogen-bond acceptors (Lipinski definition) is 4. The molecular weight excluding hydrogens is 827 g/mol. The number of nitrogens with one attached hydrogen (secondary N) is 1. The maximum atomic E-state index is 14.1. The number of hydrogen-bond donors (Lipinski definition) is 1. The van der Waals surface area contributed by atoms with Crippen LogP contribution in [0.4, 0.5) is 110 Å². The molecule has 0 saturated heterocycles. The van der Waals surface area contributed by atoms with Crippen molar-refractivity contribution in [2.75, 3.05) is 33.7 Å². The Morgan fingerprint density at radius 2 is 0.765 bits per heavy atom. The van der Waals surface area contributed by atoms with E-state index in [9.17, 15) is 128 Å². The van der Waals surface area contributed by atoms with Gasteiger partial charge in [-0.2, -0.15) is 110 Å². The molecule has 1 N–H and O–H groups in total. The summed E-state index contributed by atoms with van der Waals surface area (Å²) in [4.78, 5) is 10.6. The Balaban J connectivity index is 7.07. The summed E-state index contributed by atoms with van der Waals surface area (Å²) < 4.78 is 361. The fourth-order valence-corrected chi connectivity index (χ4v) is 4.40. The molecule has 0 unspecified atom stereocenters. The molecule has 0 aromatic carbocycles. The molecule has 6 nitrogen and oxygen atoms in total. The second-order valence-corrected chi connectivity index (χ2v) is 12.5. The zero-order chi connectivity index (χ0) is 42.1. The molecule has 0 bridgehead atoms. The number of aliphatic carboxylic acids is 1. The van der Waals surface area contributed by atoms with Gasteiger partial charge in [0.15, 0.2) is 0 Å². The third-order valence-electron chi connectivity index (χ3n) is 6.40. The molecule has 0 aromatic rings. The molecular formula is C19H15F25N2O4S. The van der Waals surface area contributed by atoms with Crippen molar-refractivity contribution in [1.82, 2.24) is 4.72 Å². The summed E-state index contributed by atoms with van der Waals surface area (Å²) in [6.07, 6.45) is -9.23. The number of rotatable bonds is 18. The highest BCUT2D eigenvalue weighted by Crippen LogP contribution is 2.68. The Morgan fingerprint density at radius 1 is 0.510 bits per heavy atom. The number of carboxylic acids is 1. The van der Waals surface area contributed by atoms with Crippen LogP contribution in [0.1, 0.15) is 6.42 Å². The Labute approximate surface area is 265 Å². The monoisotopic (exact) mass is 842 g/mol. The van der Waals surface area contributed by atoms with E-state index in [2.05, 4.69) is 0 Å². The van der Waals surface area contributed by atoms with Gasteiger partial charge >= 0.3 is 70.7 Å². The number of likely N-dealkylation sites (N-methyl/N-ethyl adjacent to an activating group) is 1. The predicted molar refractivity (Wildman–Crippen MR) is 109 cm³/mol. The molecule has 306 valence electrons. The van der Waals surface area contributed by atoms with Gasteiger partial charge in [0.1, 0.15) is 6.54 Å². The summed E-state index contributed by atoms with van der Waals surface area (Å²) >= 11 is 0. The average molecular weight is 842 g/mol. The summed E-state index contributed by atoms with van der Waals surface area (Å²) in [6, 6.07) is 0. The SMILES string of the molecule is C[N+](C)(CCCNS(=O)(=O)C(F)(F)C(F)(F)C(F)(F)C(F)(F)C(F)(F)C(F)(F)C(F)(F)C(F)(F)C(F)(F)C(F)(F)C(F)(F)C(F)(F)F)CC(=O)[O-]. The number of alkyl halides is 25. The molecule has 0 aliphatic rings. The van der Waals surface area contributed by atoms with Gasteiger partial charge in [0.2, 0.25) is 0 Å². The lowest BCUT2D eigenvalue weighted by Crippen LogP contribution is -2.78. The topological polar surface area (TPSA) is 86.3 Å². The van der Waals surface area contributed by atoms with Crippen molar-refractivity contribution in [3.63, 3.8) is 0 Å². The van der Waals surface area contributed by atoms with E-state index in [0.717, 1.165) is 14.1 Å². The van der Waals surface area contributed by atoms with Gasteiger partial charge in [0, 0.05) is 13.0 Å². The van der Waals surface area contributed by atoms with Crippen LogP contribution in [-0.2, 0) is 14.8 Å². The van der Waals surface area contributed by atoms with Gasteiger partial charge in [-0.05, 0) is 0 Å². The van der Waals surface area contributed by atoms with Gasteiger partial charge in [0.05, 0.1) is 26.6 Å². The van der Waals surface area contributed by atoms with Gasteiger partial charge < -0.3 is 14.4 Å². The highest BCUT2D eigenvalue weighted by atomic mass is 32.2. The lowest BCUT2D eigenvalue weighted by molar-refractivity contribution is -0.884. The minimum atomic E-state index is -9.78. The van der Waals surface area contributed by atoms with E-state index in [1.54, 1.807) is 0 Å². The van der Waals surface area contributed by atoms with Gasteiger partial charge in [-0.25, -0.2) is 13.1 Å². The molecule has 0 aliphatic carbocycles. The number of carbonyl (C=O) groups is 1. The van der Waals surface area contributed by atoms with Crippen molar-refractivity contribution in [3.05, 3.63) is 0 Å². The standard InChI is InChI=1S/C19H15F25N2O4S/c1-46(2,6-7(47)48)5-3-4-45-51(49,50)19(43,44)17(38,39)15(34,35)13(30,31)11(26,27)9(22,23)8(20,21)10(24,25)12(28,29)14(32,33)16(36,37)18(40,41)42/h45H,3-6H2,1-2H3. The van der Waals surface area contributed by atoms with Crippen LogP contribution in [-0.4, -0.2) is 123 Å². The van der Waals surface area contributed by atoms with E-state index in [4.69, 9.17) is 0 Å². The summed E-state index contributed by atoms with van der Waals surface area (Å²) in [7, 11) is -5.76. The van der Waals surface area contributed by atoms with Crippen molar-refractivity contribution < 1.29 is 133 Å². The molecule has 0 rings (SSSR count). The van der Waals surface area contributed by atoms with Crippen LogP contribution in [0, 0.1) is 0 Å². The highest BCUT2D eigenvalue weighted by molar-refractivity contribution is 7.90. The van der Waals surface area contributed by atoms with E-state index in [1.165, 1.54) is 0 Å². The molecule has 0 heterocycles. The zero-order valence-electron chi connectivity index (χ0n) is 23.8. The second kappa shape index (κ2) is 12.9. The number of carbonyl (C=O) groups excluding carboxylic acids is 1. The molecule has 32 heteroatoms. The average Bonchev–Trinajstić information content (AvgIpc) is 2.88. The number of sulfonamides is 1. The normalized spacial score (nSPS) is 16.5. The molecule has 0 saturated carbocycles. The molecule has 0 atom stereocenters. The van der Waals surface area contributed by atoms with Crippen molar-refractivity contribution in [3.8, 4) is 0 Å². The molecule has 0 spiro atoms. The highest BCUT2D eigenvalue weighted by Gasteiger charge is 3.00. The summed E-state index contributed by atoms with van der Waals surface area (Å²) in [5.41, 5.74) is 0. The third-order valence-corrected chi connectivity index (χ3v) is 7.91. The lowest BCUT2D eigenvalue weighted by Gasteiger charge is -2.45. The fraction of sp³-hybridized carbons (Fsp3) is 0.947. The summed E-state index contributed by atoms with van der Waals surface area (Å²) in [5.74, 6) is -95.8. The van der Waals surface area contributed by atoms with E-state index in [-0.39, 0.29) is 4.72 Å². The van der Waals surface area contributed by atoms with Crippen molar-refractivity contribution in [1.29, 1.82) is 0 Å². The summed E-state index contributed by atoms with van der Waals surface area (Å²) in [6.45, 7) is -3.34. The van der Waals surface area contributed by atoms with Crippen LogP contribution in [0.2, 0.25) is 0 Å². The Kier molecular flexibility index (Phi) is 12.3. The van der Waals surface area contributed by atoms with E-state index < -0.39 is 117 Å². The minimum Gasteiger partial charge on any atom is -0.544 e. The van der Waals surface area contributed by atoms with Crippen LogP contribution in [0.5, 0.6) is 0 Å². The Morgan fingerprint density at radius 3 is 1.02 bits per heavy atom. The first kappa shape index (κ1) is 48.6. The summed E-state index contributed by atoms with van der Waals surface area (Å²) in [5, 5.41) is 2.54. The van der Waals surface area contributed by atoms with Gasteiger partial charge in [-0.1, -0.05) is 0 Å². The second-order valence-electron chi connectivity index (χ2n) is 10.7. The van der Waals surface area contributed by atoms with E-state index in [1.807, 2.05) is 0 Å². The van der Waals surface area contributed by atoms with Crippen molar-refractivity contribution in [2.45, 2.75) is 77.1 Å². The first-order valence-electron chi connectivity index (χ1n) is 11.9. The third kappa shape index (κ3) is 6.92. The van der Waals surface area contributed by atoms with Gasteiger partial charge in [0.25, 0.3) is 10.0 Å². The van der Waals surface area contributed by atoms with Crippen LogP contribution >= 0.6 is 0 Å². The van der Waals surface area contributed by atoms with Gasteiger partial charge in [-0.3, -0.25) is 0 Å². The maximum Gasteiger partial charge on any atom is 0.460 e. The quantitative estimate of drug-likeness (QED) is 0.110. The zero-order valence-corrected chi connectivity index (χ0v) is 24.6. The number of quaternary nitrogens is 1. The van der Waals surface area contributed by atoms with Crippen molar-refractivity contribution in [2.24, 2.45) is 0 Å². The molecule has 0 radical (unpaired) electrons. The van der Waals surface area contributed by atoms with Crippen LogP contribution < -0.4 is 9.83 Å². The van der Waals surface area contributed by atoms with Crippen LogP contribution in [0.15, 0.2) is 0 Å². The first-order chi connectivity index (χ1) is 21.6. The lowest BCUT2D eigenvalue weighted by atomic mass is 9.85. The number of carboxylic acid groups (broad SMARTS) is 1. The van der Waals surface area contributed by atoms with Gasteiger partial charge in [-0.15, -0.1) is 0 Å². The van der Waals surface area contributed by atoms with Crippen molar-refractivity contribution >= 4 is 16.0 Å². The predicted octanol–water partition coefficient (Wildman–Crippen LogP) is 5.63. The molecule has 0 fully saturated rings. The molecule has 0 aromatic heterocycles. The van der Waals surface area contributed by atoms with E-state index in [0.29, 0.717) is 0 Å². The van der Waals surface area contributed by atoms with Crippen LogP contribution in [0.25, 0.3) is 0 Å². The smallest absolute Gasteiger partial charge is 0.460 e. The fourth-order valence-electron chi connectivity index (χ4n) is 3.34. The first-order valence-corrected chi connectivity index (χ1v) is 13.3. The van der Waals surface area contributed by atoms with E-state index >= 15 is 0 Å². The Hall–Kier alpha value is -2.41. The van der Waals surface area contributed by atoms with Crippen LogP contribution in [0.3, 0.4) is 0 Å². The number of halogens is 25. The molecule has 0 aliphatic heterocycles. The largest absolute Gasteiger partial charge is 0.544 e.